The third kappa shape index (κ3) is 6.90. The monoisotopic (exact) mass is 484 g/mol. The average Bonchev–Trinajstić information content (AvgIpc) is 3.48. The predicted octanol–water partition coefficient (Wildman–Crippen LogP) is 6.88. The normalized spacial score (nSPS) is 11.3. The lowest BCUT2D eigenvalue weighted by atomic mass is 10.0. The molecule has 2 aromatic carbocycles. The molecule has 0 aliphatic heterocycles. The van der Waals surface area contributed by atoms with E-state index < -0.39 is 0 Å². The molecule has 36 heavy (non-hydrogen) atoms. The van der Waals surface area contributed by atoms with Crippen molar-refractivity contribution in [3.8, 4) is 11.4 Å². The molecule has 0 unspecified atom stereocenters. The highest BCUT2D eigenvalue weighted by molar-refractivity contribution is 5.61. The van der Waals surface area contributed by atoms with E-state index in [9.17, 15) is 0 Å². The van der Waals surface area contributed by atoms with Crippen molar-refractivity contribution in [3.05, 3.63) is 83.2 Å². The SMILES string of the molecule is CCCCCCc1nnn(Cc2ccccc2)c1-c1c(CCCCCC)nnn1Cc1ccccc1. The molecule has 0 atom stereocenters. The Morgan fingerprint density at radius 3 is 1.33 bits per heavy atom. The molecule has 6 heteroatoms. The fraction of sp³-hybridized carbons (Fsp3) is 0.467. The van der Waals surface area contributed by atoms with E-state index >= 15 is 0 Å². The first-order valence-corrected chi connectivity index (χ1v) is 13.7. The molecule has 0 aliphatic carbocycles. The summed E-state index contributed by atoms with van der Waals surface area (Å²) in [6.45, 7) is 5.87. The maximum Gasteiger partial charge on any atom is 0.112 e. The Hall–Kier alpha value is -3.28. The van der Waals surface area contributed by atoms with Crippen LogP contribution in [0.2, 0.25) is 0 Å². The van der Waals surface area contributed by atoms with E-state index in [1.165, 1.54) is 49.7 Å². The fourth-order valence-electron chi connectivity index (χ4n) is 4.73. The molecule has 6 nitrogen and oxygen atoms in total. The second-order valence-corrected chi connectivity index (χ2v) is 9.68. The Morgan fingerprint density at radius 1 is 0.528 bits per heavy atom. The predicted molar refractivity (Wildman–Crippen MR) is 146 cm³/mol. The Kier molecular flexibility index (Phi) is 9.83. The molecule has 0 bridgehead atoms. The summed E-state index contributed by atoms with van der Waals surface area (Å²) >= 11 is 0. The van der Waals surface area contributed by atoms with Crippen LogP contribution >= 0.6 is 0 Å². The number of benzene rings is 2. The van der Waals surface area contributed by atoms with Crippen LogP contribution in [0.4, 0.5) is 0 Å². The van der Waals surface area contributed by atoms with Crippen LogP contribution in [0, 0.1) is 0 Å². The van der Waals surface area contributed by atoms with Gasteiger partial charge in [0, 0.05) is 0 Å². The number of nitrogens with zero attached hydrogens (tertiary/aromatic N) is 6. The van der Waals surface area contributed by atoms with Crippen molar-refractivity contribution in [3.63, 3.8) is 0 Å². The second kappa shape index (κ2) is 13.7. The van der Waals surface area contributed by atoms with Gasteiger partial charge in [0.05, 0.1) is 24.5 Å². The van der Waals surface area contributed by atoms with Crippen molar-refractivity contribution in [2.24, 2.45) is 0 Å². The first kappa shape index (κ1) is 25.8. The van der Waals surface area contributed by atoms with Crippen LogP contribution in [0.1, 0.15) is 87.7 Å². The number of hydrogen-bond acceptors (Lipinski definition) is 4. The molecule has 4 rings (SSSR count). The third-order valence-electron chi connectivity index (χ3n) is 6.72. The lowest BCUT2D eigenvalue weighted by Crippen LogP contribution is -2.11. The maximum absolute atomic E-state index is 4.71. The molecular weight excluding hydrogens is 444 g/mol. The minimum Gasteiger partial charge on any atom is -0.238 e. The zero-order valence-electron chi connectivity index (χ0n) is 21.9. The first-order valence-electron chi connectivity index (χ1n) is 13.7. The summed E-state index contributed by atoms with van der Waals surface area (Å²) in [6, 6.07) is 21.0. The number of aromatic nitrogens is 6. The number of rotatable bonds is 15. The molecule has 2 aromatic heterocycles. The molecule has 0 amide bonds. The van der Waals surface area contributed by atoms with Crippen molar-refractivity contribution < 1.29 is 0 Å². The molecule has 2 heterocycles. The molecule has 0 fully saturated rings. The molecule has 0 spiro atoms. The van der Waals surface area contributed by atoms with Gasteiger partial charge in [-0.15, -0.1) is 10.2 Å². The van der Waals surface area contributed by atoms with E-state index in [0.717, 1.165) is 48.5 Å². The molecule has 0 radical (unpaired) electrons. The number of hydrogen-bond donors (Lipinski definition) is 0. The van der Waals surface area contributed by atoms with Gasteiger partial charge in [0.15, 0.2) is 0 Å². The molecule has 0 saturated heterocycles. The fourth-order valence-corrected chi connectivity index (χ4v) is 4.73. The van der Waals surface area contributed by atoms with Gasteiger partial charge in [-0.2, -0.15) is 0 Å². The van der Waals surface area contributed by atoms with Crippen molar-refractivity contribution >= 4 is 0 Å². The van der Waals surface area contributed by atoms with Crippen molar-refractivity contribution in [1.82, 2.24) is 30.0 Å². The maximum atomic E-state index is 4.71. The van der Waals surface area contributed by atoms with Gasteiger partial charge in [-0.25, -0.2) is 9.36 Å². The highest BCUT2D eigenvalue weighted by atomic mass is 15.5. The van der Waals surface area contributed by atoms with E-state index in [1.807, 2.05) is 0 Å². The van der Waals surface area contributed by atoms with Crippen molar-refractivity contribution in [1.29, 1.82) is 0 Å². The average molecular weight is 485 g/mol. The molecule has 0 N–H and O–H groups in total. The Balaban J connectivity index is 1.73. The molecular formula is C30H40N6. The van der Waals surface area contributed by atoms with Crippen LogP contribution < -0.4 is 0 Å². The number of unbranched alkanes of at least 4 members (excludes halogenated alkanes) is 6. The van der Waals surface area contributed by atoms with Gasteiger partial charge in [-0.1, -0.05) is 123 Å². The zero-order valence-corrected chi connectivity index (χ0v) is 21.9. The molecule has 0 aliphatic rings. The molecule has 4 aromatic rings. The molecule has 0 saturated carbocycles. The van der Waals surface area contributed by atoms with Crippen LogP contribution in [0.25, 0.3) is 11.4 Å². The van der Waals surface area contributed by atoms with Gasteiger partial charge < -0.3 is 0 Å². The first-order chi connectivity index (χ1) is 17.8. The van der Waals surface area contributed by atoms with Gasteiger partial charge in [-0.05, 0) is 36.8 Å². The summed E-state index contributed by atoms with van der Waals surface area (Å²) in [7, 11) is 0. The Morgan fingerprint density at radius 2 is 0.944 bits per heavy atom. The van der Waals surface area contributed by atoms with Gasteiger partial charge >= 0.3 is 0 Å². The van der Waals surface area contributed by atoms with E-state index in [4.69, 9.17) is 10.2 Å². The van der Waals surface area contributed by atoms with Crippen LogP contribution in [-0.4, -0.2) is 30.0 Å². The third-order valence-corrected chi connectivity index (χ3v) is 6.72. The van der Waals surface area contributed by atoms with Crippen LogP contribution in [0.15, 0.2) is 60.7 Å². The molecule has 190 valence electrons. The van der Waals surface area contributed by atoms with Crippen LogP contribution in [0.3, 0.4) is 0 Å². The van der Waals surface area contributed by atoms with Crippen LogP contribution in [0.5, 0.6) is 0 Å². The van der Waals surface area contributed by atoms with E-state index in [1.54, 1.807) is 0 Å². The lowest BCUT2D eigenvalue weighted by Gasteiger charge is -2.13. The minimum atomic E-state index is 0.684. The number of aryl methyl sites for hydroxylation is 2. The lowest BCUT2D eigenvalue weighted by molar-refractivity contribution is 0.630. The van der Waals surface area contributed by atoms with Gasteiger partial charge in [0.25, 0.3) is 0 Å². The highest BCUT2D eigenvalue weighted by Gasteiger charge is 2.24. The van der Waals surface area contributed by atoms with E-state index in [0.29, 0.717) is 13.1 Å². The smallest absolute Gasteiger partial charge is 0.112 e. The van der Waals surface area contributed by atoms with Gasteiger partial charge in [0.2, 0.25) is 0 Å². The second-order valence-electron chi connectivity index (χ2n) is 9.68. The zero-order chi connectivity index (χ0) is 25.0. The largest absolute Gasteiger partial charge is 0.238 e. The summed E-state index contributed by atoms with van der Waals surface area (Å²) in [5.74, 6) is 0. The van der Waals surface area contributed by atoms with Crippen molar-refractivity contribution in [2.75, 3.05) is 0 Å². The van der Waals surface area contributed by atoms with E-state index in [2.05, 4.69) is 94.3 Å². The van der Waals surface area contributed by atoms with Crippen molar-refractivity contribution in [2.45, 2.75) is 91.1 Å². The van der Waals surface area contributed by atoms with Gasteiger partial charge in [-0.3, -0.25) is 0 Å². The summed E-state index contributed by atoms with van der Waals surface area (Å²) in [5, 5.41) is 18.7. The summed E-state index contributed by atoms with van der Waals surface area (Å²) in [5.41, 5.74) is 6.73. The summed E-state index contributed by atoms with van der Waals surface area (Å²) < 4.78 is 4.14. The van der Waals surface area contributed by atoms with Crippen LogP contribution in [-0.2, 0) is 25.9 Å². The Labute approximate surface area is 215 Å². The van der Waals surface area contributed by atoms with Gasteiger partial charge in [0.1, 0.15) is 11.4 Å². The topological polar surface area (TPSA) is 61.4 Å². The highest BCUT2D eigenvalue weighted by Crippen LogP contribution is 2.29. The Bertz CT molecular complexity index is 1070. The quantitative estimate of drug-likeness (QED) is 0.173. The van der Waals surface area contributed by atoms with E-state index in [-0.39, 0.29) is 0 Å². The standard InChI is InChI=1S/C30H40N6/c1-3-5-7-15-21-27-29(35(33-31-27)23-25-17-11-9-12-18-25)30-28(22-16-8-6-4-2)32-34-36(30)24-26-19-13-10-14-20-26/h9-14,17-20H,3-8,15-16,21-24H2,1-2H3. The minimum absolute atomic E-state index is 0.684. The summed E-state index contributed by atoms with van der Waals surface area (Å²) in [4.78, 5) is 0. The summed E-state index contributed by atoms with van der Waals surface area (Å²) in [6.07, 6.45) is 11.5.